The maximum atomic E-state index is 11.8. The van der Waals surface area contributed by atoms with E-state index in [0.717, 1.165) is 17.7 Å². The summed E-state index contributed by atoms with van der Waals surface area (Å²) in [5.41, 5.74) is 2.08. The second kappa shape index (κ2) is 3.19. The summed E-state index contributed by atoms with van der Waals surface area (Å²) in [5, 5.41) is 4.23. The predicted octanol–water partition coefficient (Wildman–Crippen LogP) is 2.01. The Morgan fingerprint density at radius 2 is 2.06 bits per heavy atom. The van der Waals surface area contributed by atoms with E-state index in [1.54, 1.807) is 0 Å². The monoisotopic (exact) mass is 227 g/mol. The third-order valence-corrected chi connectivity index (χ3v) is 4.34. The van der Waals surface area contributed by atoms with Crippen molar-refractivity contribution in [2.45, 2.75) is 18.9 Å². The maximum Gasteiger partial charge on any atom is 0.140 e. The number of benzene rings is 1. The molecule has 1 heterocycles. The first-order valence-corrected chi connectivity index (χ1v) is 6.16. The largest absolute Gasteiger partial charge is 0.391 e. The van der Waals surface area contributed by atoms with Gasteiger partial charge in [0.15, 0.2) is 0 Å². The highest BCUT2D eigenvalue weighted by Crippen LogP contribution is 2.51. The van der Waals surface area contributed by atoms with Gasteiger partial charge in [-0.05, 0) is 12.0 Å². The highest BCUT2D eigenvalue weighted by Gasteiger charge is 2.58. The summed E-state index contributed by atoms with van der Waals surface area (Å²) in [4.78, 5) is 17.4. The number of hydrogen-bond acceptors (Lipinski definition) is 3. The van der Waals surface area contributed by atoms with Gasteiger partial charge in [-0.1, -0.05) is 35.5 Å². The van der Waals surface area contributed by atoms with Gasteiger partial charge in [-0.2, -0.15) is 0 Å². The molecule has 0 N–H and O–H groups in total. The van der Waals surface area contributed by atoms with E-state index in [4.69, 9.17) is 4.84 Å². The maximum absolute atomic E-state index is 11.8. The summed E-state index contributed by atoms with van der Waals surface area (Å²) in [6.45, 7) is 0. The highest BCUT2D eigenvalue weighted by molar-refractivity contribution is 6.06. The first kappa shape index (κ1) is 9.40. The van der Waals surface area contributed by atoms with Crippen LogP contribution in [0.1, 0.15) is 18.4 Å². The number of fused-ring (bicyclic) bond motifs is 5. The van der Waals surface area contributed by atoms with Gasteiger partial charge in [0.05, 0.1) is 11.6 Å². The second-order valence-electron chi connectivity index (χ2n) is 5.21. The molecule has 2 fully saturated rings. The van der Waals surface area contributed by atoms with Crippen molar-refractivity contribution in [3.8, 4) is 0 Å². The van der Waals surface area contributed by atoms with Crippen LogP contribution in [0.5, 0.6) is 0 Å². The molecule has 1 aromatic rings. The summed E-state index contributed by atoms with van der Waals surface area (Å²) < 4.78 is 0. The molecule has 1 aliphatic heterocycles. The number of ketones is 1. The van der Waals surface area contributed by atoms with Gasteiger partial charge in [0, 0.05) is 18.3 Å². The van der Waals surface area contributed by atoms with Gasteiger partial charge < -0.3 is 4.84 Å². The Morgan fingerprint density at radius 3 is 2.88 bits per heavy atom. The van der Waals surface area contributed by atoms with Crippen LogP contribution in [0.3, 0.4) is 0 Å². The van der Waals surface area contributed by atoms with Crippen LogP contribution in [0, 0.1) is 17.8 Å². The third-order valence-electron chi connectivity index (χ3n) is 4.34. The van der Waals surface area contributed by atoms with Crippen molar-refractivity contribution in [1.82, 2.24) is 0 Å². The van der Waals surface area contributed by atoms with Crippen LogP contribution in [-0.2, 0) is 9.63 Å². The Balaban J connectivity index is 1.74. The van der Waals surface area contributed by atoms with E-state index in [0.29, 0.717) is 18.1 Å². The molecule has 0 unspecified atom stereocenters. The van der Waals surface area contributed by atoms with Crippen LogP contribution < -0.4 is 0 Å². The Bertz CT molecular complexity index is 508. The standard InChI is InChI=1S/C14H13NO2/c16-11-7-9-6-10(11)12-13(15-17-14(9)12)8-4-2-1-3-5-8/h1-5,9-10,12,14H,6-7H2/t9-,10+,12-,14-/m0/s1. The molecule has 2 bridgehead atoms. The SMILES string of the molecule is O=C1C[C@@H]2C[C@H]1[C@H]1C(c3ccccc3)=NO[C@@H]21. The lowest BCUT2D eigenvalue weighted by Crippen LogP contribution is -2.34. The quantitative estimate of drug-likeness (QED) is 0.736. The minimum atomic E-state index is 0.159. The van der Waals surface area contributed by atoms with Crippen LogP contribution in [0.4, 0.5) is 0 Å². The van der Waals surface area contributed by atoms with E-state index >= 15 is 0 Å². The molecular weight excluding hydrogens is 214 g/mol. The summed E-state index contributed by atoms with van der Waals surface area (Å²) in [6, 6.07) is 10.1. The molecule has 3 nitrogen and oxygen atoms in total. The predicted molar refractivity (Wildman–Crippen MR) is 62.6 cm³/mol. The molecule has 1 aromatic carbocycles. The van der Waals surface area contributed by atoms with E-state index in [-0.39, 0.29) is 17.9 Å². The molecule has 4 rings (SSSR count). The number of carbonyl (C=O) groups excluding carboxylic acids is 1. The van der Waals surface area contributed by atoms with Gasteiger partial charge in [0.2, 0.25) is 0 Å². The van der Waals surface area contributed by atoms with Crippen molar-refractivity contribution in [3.05, 3.63) is 35.9 Å². The zero-order valence-electron chi connectivity index (χ0n) is 9.37. The van der Waals surface area contributed by atoms with Crippen LogP contribution in [0.25, 0.3) is 0 Å². The minimum Gasteiger partial charge on any atom is -0.391 e. The molecule has 0 spiro atoms. The minimum absolute atomic E-state index is 0.159. The van der Waals surface area contributed by atoms with Crippen molar-refractivity contribution in [2.24, 2.45) is 22.9 Å². The number of hydrogen-bond donors (Lipinski definition) is 0. The number of nitrogens with zero attached hydrogens (tertiary/aromatic N) is 1. The fraction of sp³-hybridized carbons (Fsp3) is 0.429. The Morgan fingerprint density at radius 1 is 1.24 bits per heavy atom. The van der Waals surface area contributed by atoms with E-state index in [2.05, 4.69) is 5.16 Å². The molecule has 4 atom stereocenters. The summed E-state index contributed by atoms with van der Waals surface area (Å²) in [7, 11) is 0. The number of carbonyl (C=O) groups is 1. The first-order valence-electron chi connectivity index (χ1n) is 6.16. The molecular formula is C14H13NO2. The molecule has 0 aromatic heterocycles. The van der Waals surface area contributed by atoms with E-state index < -0.39 is 0 Å². The van der Waals surface area contributed by atoms with Crippen molar-refractivity contribution in [2.75, 3.05) is 0 Å². The van der Waals surface area contributed by atoms with Gasteiger partial charge in [-0.25, -0.2) is 0 Å². The molecule has 0 saturated heterocycles. The second-order valence-corrected chi connectivity index (χ2v) is 5.21. The fourth-order valence-electron chi connectivity index (χ4n) is 3.60. The van der Waals surface area contributed by atoms with Gasteiger partial charge in [-0.3, -0.25) is 4.79 Å². The molecule has 0 amide bonds. The van der Waals surface area contributed by atoms with E-state index in [1.807, 2.05) is 30.3 Å². The van der Waals surface area contributed by atoms with Gasteiger partial charge >= 0.3 is 0 Å². The molecule has 2 aliphatic carbocycles. The van der Waals surface area contributed by atoms with Gasteiger partial charge in [0.25, 0.3) is 0 Å². The Hall–Kier alpha value is -1.64. The zero-order chi connectivity index (χ0) is 11.4. The first-order chi connectivity index (χ1) is 8.34. The summed E-state index contributed by atoms with van der Waals surface area (Å²) in [6.07, 6.45) is 1.86. The molecule has 17 heavy (non-hydrogen) atoms. The molecule has 3 heteroatoms. The Labute approximate surface area is 99.5 Å². The van der Waals surface area contributed by atoms with Gasteiger partial charge in [-0.15, -0.1) is 0 Å². The number of rotatable bonds is 1. The van der Waals surface area contributed by atoms with Crippen LogP contribution >= 0.6 is 0 Å². The summed E-state index contributed by atoms with van der Waals surface area (Å²) in [5.74, 6) is 1.18. The average molecular weight is 227 g/mol. The van der Waals surface area contributed by atoms with Crippen LogP contribution in [0.15, 0.2) is 35.5 Å². The number of oxime groups is 1. The lowest BCUT2D eigenvalue weighted by molar-refractivity contribution is -0.124. The van der Waals surface area contributed by atoms with Crippen molar-refractivity contribution >= 4 is 11.5 Å². The Kier molecular flexibility index (Phi) is 1.76. The number of Topliss-reactive ketones (excluding diaryl/α,β-unsaturated/α-hetero) is 1. The highest BCUT2D eigenvalue weighted by atomic mass is 16.6. The van der Waals surface area contributed by atoms with Crippen LogP contribution in [-0.4, -0.2) is 17.6 Å². The fourth-order valence-corrected chi connectivity index (χ4v) is 3.60. The molecule has 2 saturated carbocycles. The molecule has 86 valence electrons. The van der Waals surface area contributed by atoms with Crippen molar-refractivity contribution in [1.29, 1.82) is 0 Å². The van der Waals surface area contributed by atoms with E-state index in [9.17, 15) is 4.79 Å². The normalized spacial score (nSPS) is 37.9. The van der Waals surface area contributed by atoms with Crippen LogP contribution in [0.2, 0.25) is 0 Å². The third kappa shape index (κ3) is 1.17. The van der Waals surface area contributed by atoms with E-state index in [1.165, 1.54) is 0 Å². The zero-order valence-corrected chi connectivity index (χ0v) is 9.37. The smallest absolute Gasteiger partial charge is 0.140 e. The summed E-state index contributed by atoms with van der Waals surface area (Å²) >= 11 is 0. The van der Waals surface area contributed by atoms with Crippen molar-refractivity contribution in [3.63, 3.8) is 0 Å². The lowest BCUT2D eigenvalue weighted by atomic mass is 9.80. The van der Waals surface area contributed by atoms with Crippen molar-refractivity contribution < 1.29 is 9.63 Å². The average Bonchev–Trinajstić information content (AvgIpc) is 3.00. The molecule has 3 aliphatic rings. The van der Waals surface area contributed by atoms with Gasteiger partial charge in [0.1, 0.15) is 11.9 Å². The molecule has 0 radical (unpaired) electrons. The topological polar surface area (TPSA) is 38.7 Å². The lowest BCUT2D eigenvalue weighted by Gasteiger charge is -2.22.